The van der Waals surface area contributed by atoms with Gasteiger partial charge in [-0.25, -0.2) is 0 Å². The van der Waals surface area contributed by atoms with Crippen molar-refractivity contribution in [1.82, 2.24) is 25.1 Å². The quantitative estimate of drug-likeness (QED) is 0.756. The molecule has 0 unspecified atom stereocenters. The van der Waals surface area contributed by atoms with E-state index < -0.39 is 0 Å². The molecule has 0 aromatic carbocycles. The van der Waals surface area contributed by atoms with Crippen LogP contribution >= 0.6 is 11.5 Å². The van der Waals surface area contributed by atoms with E-state index in [1.165, 1.54) is 11.5 Å². The second kappa shape index (κ2) is 4.94. The lowest BCUT2D eigenvalue weighted by atomic mass is 10.4. The molecule has 0 bridgehead atoms. The number of likely N-dealkylation sites (N-methyl/N-ethyl adjacent to an activating group) is 1. The van der Waals surface area contributed by atoms with Gasteiger partial charge in [-0.2, -0.15) is 0 Å². The third kappa shape index (κ3) is 2.57. The molecule has 0 fully saturated rings. The molecule has 2 aromatic heterocycles. The maximum absolute atomic E-state index is 5.42. The van der Waals surface area contributed by atoms with Crippen LogP contribution in [0, 0.1) is 0 Å². The first kappa shape index (κ1) is 10.2. The molecule has 80 valence electrons. The van der Waals surface area contributed by atoms with Crippen molar-refractivity contribution in [3.8, 4) is 11.6 Å². The van der Waals surface area contributed by atoms with Crippen molar-refractivity contribution < 1.29 is 4.42 Å². The van der Waals surface area contributed by atoms with Gasteiger partial charge in [0.05, 0.1) is 0 Å². The summed E-state index contributed by atoms with van der Waals surface area (Å²) in [7, 11) is 0. The third-order valence-corrected chi connectivity index (χ3v) is 2.32. The summed E-state index contributed by atoms with van der Waals surface area (Å²) in [6.45, 7) is 3.84. The Bertz CT molecular complexity index is 399. The minimum atomic E-state index is 0.440. The standard InChI is InChI=1S/C8H11N5OS/c1-2-9-4-3-7-11-12-8(14-7)6-5-15-13-10-6/h5,9H,2-4H2,1H3. The van der Waals surface area contributed by atoms with Crippen LogP contribution in [-0.4, -0.2) is 32.9 Å². The molecular formula is C8H11N5OS. The predicted molar refractivity (Wildman–Crippen MR) is 55.4 cm³/mol. The molecule has 0 radical (unpaired) electrons. The fourth-order valence-corrected chi connectivity index (χ4v) is 1.52. The van der Waals surface area contributed by atoms with Gasteiger partial charge in [0.15, 0.2) is 5.69 Å². The highest BCUT2D eigenvalue weighted by Gasteiger charge is 2.10. The van der Waals surface area contributed by atoms with Crippen molar-refractivity contribution in [3.05, 3.63) is 11.3 Å². The number of nitrogens with one attached hydrogen (secondary N) is 1. The molecular weight excluding hydrogens is 214 g/mol. The molecule has 0 aliphatic rings. The first-order valence-electron chi connectivity index (χ1n) is 4.70. The SMILES string of the molecule is CCNCCc1nnc(-c2csnn2)o1. The summed E-state index contributed by atoms with van der Waals surface area (Å²) in [4.78, 5) is 0. The normalized spacial score (nSPS) is 10.7. The molecule has 0 saturated heterocycles. The highest BCUT2D eigenvalue weighted by Crippen LogP contribution is 2.15. The molecule has 2 aromatic rings. The van der Waals surface area contributed by atoms with E-state index in [1.54, 1.807) is 5.38 Å². The lowest BCUT2D eigenvalue weighted by molar-refractivity contribution is 0.495. The topological polar surface area (TPSA) is 76.7 Å². The summed E-state index contributed by atoms with van der Waals surface area (Å²) in [5, 5.41) is 16.6. The van der Waals surface area contributed by atoms with Gasteiger partial charge in [-0.05, 0) is 18.1 Å². The van der Waals surface area contributed by atoms with Crippen LogP contribution in [0.25, 0.3) is 11.6 Å². The molecule has 1 N–H and O–H groups in total. The van der Waals surface area contributed by atoms with Gasteiger partial charge in [0.2, 0.25) is 5.89 Å². The average molecular weight is 225 g/mol. The van der Waals surface area contributed by atoms with Gasteiger partial charge in [-0.3, -0.25) is 0 Å². The Labute approximate surface area is 90.9 Å². The highest BCUT2D eigenvalue weighted by molar-refractivity contribution is 7.03. The number of aromatic nitrogens is 4. The summed E-state index contributed by atoms with van der Waals surface area (Å²) >= 11 is 1.26. The molecule has 0 aliphatic heterocycles. The Kier molecular flexibility index (Phi) is 3.36. The van der Waals surface area contributed by atoms with E-state index in [0.717, 1.165) is 19.5 Å². The van der Waals surface area contributed by atoms with E-state index in [9.17, 15) is 0 Å². The smallest absolute Gasteiger partial charge is 0.269 e. The minimum Gasteiger partial charge on any atom is -0.419 e. The van der Waals surface area contributed by atoms with Gasteiger partial charge in [0.1, 0.15) is 0 Å². The summed E-state index contributed by atoms with van der Waals surface area (Å²) in [6, 6.07) is 0. The summed E-state index contributed by atoms with van der Waals surface area (Å²) in [6.07, 6.45) is 0.735. The van der Waals surface area contributed by atoms with Crippen molar-refractivity contribution in [2.75, 3.05) is 13.1 Å². The molecule has 0 saturated carbocycles. The minimum absolute atomic E-state index is 0.440. The Morgan fingerprint density at radius 3 is 3.07 bits per heavy atom. The average Bonchev–Trinajstić information content (AvgIpc) is 2.87. The number of hydrogen-bond acceptors (Lipinski definition) is 7. The molecule has 0 atom stereocenters. The molecule has 15 heavy (non-hydrogen) atoms. The van der Waals surface area contributed by atoms with E-state index in [1.807, 2.05) is 0 Å². The first-order chi connectivity index (χ1) is 7.40. The van der Waals surface area contributed by atoms with E-state index in [4.69, 9.17) is 4.42 Å². The molecule has 7 heteroatoms. The van der Waals surface area contributed by atoms with Gasteiger partial charge < -0.3 is 9.73 Å². The molecule has 2 heterocycles. The first-order valence-corrected chi connectivity index (χ1v) is 5.54. The Morgan fingerprint density at radius 2 is 2.33 bits per heavy atom. The third-order valence-electron chi connectivity index (χ3n) is 1.81. The van der Waals surface area contributed by atoms with Gasteiger partial charge >= 0.3 is 0 Å². The van der Waals surface area contributed by atoms with E-state index in [0.29, 0.717) is 17.5 Å². The Hall–Kier alpha value is -1.34. The molecule has 2 rings (SSSR count). The summed E-state index contributed by atoms with van der Waals surface area (Å²) in [5.41, 5.74) is 0.641. The largest absolute Gasteiger partial charge is 0.419 e. The fourth-order valence-electron chi connectivity index (χ4n) is 1.09. The van der Waals surface area contributed by atoms with Crippen LogP contribution < -0.4 is 5.32 Å². The highest BCUT2D eigenvalue weighted by atomic mass is 32.1. The summed E-state index contributed by atoms with van der Waals surface area (Å²) < 4.78 is 9.15. The van der Waals surface area contributed by atoms with Gasteiger partial charge in [-0.1, -0.05) is 11.4 Å². The second-order valence-electron chi connectivity index (χ2n) is 2.89. The van der Waals surface area contributed by atoms with Crippen molar-refractivity contribution in [1.29, 1.82) is 0 Å². The molecule has 0 aliphatic carbocycles. The van der Waals surface area contributed by atoms with Crippen molar-refractivity contribution >= 4 is 11.5 Å². The lowest BCUT2D eigenvalue weighted by Crippen LogP contribution is -2.16. The van der Waals surface area contributed by atoms with Crippen LogP contribution in [0.4, 0.5) is 0 Å². The maximum atomic E-state index is 5.42. The van der Waals surface area contributed by atoms with Crippen LogP contribution in [-0.2, 0) is 6.42 Å². The zero-order valence-corrected chi connectivity index (χ0v) is 9.12. The number of rotatable bonds is 5. The number of nitrogens with zero attached hydrogens (tertiary/aromatic N) is 4. The second-order valence-corrected chi connectivity index (χ2v) is 3.50. The Morgan fingerprint density at radius 1 is 1.40 bits per heavy atom. The zero-order valence-electron chi connectivity index (χ0n) is 8.30. The van der Waals surface area contributed by atoms with Gasteiger partial charge in [0.25, 0.3) is 5.89 Å². The van der Waals surface area contributed by atoms with Crippen LogP contribution in [0.3, 0.4) is 0 Å². The molecule has 6 nitrogen and oxygen atoms in total. The lowest BCUT2D eigenvalue weighted by Gasteiger charge is -1.95. The van der Waals surface area contributed by atoms with Crippen LogP contribution in [0.5, 0.6) is 0 Å². The zero-order chi connectivity index (χ0) is 10.5. The monoisotopic (exact) mass is 225 g/mol. The van der Waals surface area contributed by atoms with Gasteiger partial charge in [-0.15, -0.1) is 15.3 Å². The van der Waals surface area contributed by atoms with Crippen molar-refractivity contribution in [2.45, 2.75) is 13.3 Å². The number of hydrogen-bond donors (Lipinski definition) is 1. The van der Waals surface area contributed by atoms with Gasteiger partial charge in [0, 0.05) is 18.3 Å². The summed E-state index contributed by atoms with van der Waals surface area (Å²) in [5.74, 6) is 1.06. The Balaban J connectivity index is 1.98. The van der Waals surface area contributed by atoms with E-state index in [-0.39, 0.29) is 0 Å². The van der Waals surface area contributed by atoms with Crippen molar-refractivity contribution in [3.63, 3.8) is 0 Å². The maximum Gasteiger partial charge on any atom is 0.269 e. The molecule has 0 amide bonds. The van der Waals surface area contributed by atoms with Crippen molar-refractivity contribution in [2.24, 2.45) is 0 Å². The van der Waals surface area contributed by atoms with Crippen LogP contribution in [0.2, 0.25) is 0 Å². The van der Waals surface area contributed by atoms with E-state index in [2.05, 4.69) is 32.0 Å². The van der Waals surface area contributed by atoms with Crippen LogP contribution in [0.1, 0.15) is 12.8 Å². The van der Waals surface area contributed by atoms with Crippen LogP contribution in [0.15, 0.2) is 9.80 Å². The predicted octanol–water partition coefficient (Wildman–Crippen LogP) is 0.740. The van der Waals surface area contributed by atoms with E-state index >= 15 is 0 Å². The fraction of sp³-hybridized carbons (Fsp3) is 0.500. The molecule has 0 spiro atoms.